The molecule has 118 valence electrons. The first kappa shape index (κ1) is 14.4. The summed E-state index contributed by atoms with van der Waals surface area (Å²) in [6.07, 6.45) is 5.92. The smallest absolute Gasteiger partial charge is 0.137 e. The van der Waals surface area contributed by atoms with E-state index in [2.05, 4.69) is 35.1 Å². The average Bonchev–Trinajstić information content (AvgIpc) is 2.72. The summed E-state index contributed by atoms with van der Waals surface area (Å²) in [7, 11) is 2.14. The summed E-state index contributed by atoms with van der Waals surface area (Å²) in [5.41, 5.74) is 4.15. The van der Waals surface area contributed by atoms with E-state index in [1.807, 2.05) is 12.1 Å². The van der Waals surface area contributed by atoms with Crippen molar-refractivity contribution >= 4 is 11.9 Å². The number of rotatable bonds is 0. The molecule has 1 fully saturated rings. The zero-order valence-corrected chi connectivity index (χ0v) is 13.3. The lowest BCUT2D eigenvalue weighted by molar-refractivity contribution is 0.215. The maximum absolute atomic E-state index is 13.7. The Hall–Kier alpha value is -2.20. The topological polar surface area (TPSA) is 18.8 Å². The zero-order valence-electron chi connectivity index (χ0n) is 13.3. The molecule has 0 bridgehead atoms. The van der Waals surface area contributed by atoms with E-state index < -0.39 is 0 Å². The molecule has 0 aromatic heterocycles. The van der Waals surface area contributed by atoms with Gasteiger partial charge in [0.2, 0.25) is 0 Å². The maximum atomic E-state index is 13.7. The minimum Gasteiger partial charge on any atom is -0.354 e. The van der Waals surface area contributed by atoms with Crippen LogP contribution in [0.5, 0.6) is 0 Å². The van der Waals surface area contributed by atoms with Crippen molar-refractivity contribution in [3.63, 3.8) is 0 Å². The van der Waals surface area contributed by atoms with E-state index in [-0.39, 0.29) is 5.83 Å². The van der Waals surface area contributed by atoms with Crippen LogP contribution in [-0.2, 0) is 0 Å². The van der Waals surface area contributed by atoms with Crippen molar-refractivity contribution in [2.24, 2.45) is 4.99 Å². The second kappa shape index (κ2) is 5.78. The summed E-state index contributed by atoms with van der Waals surface area (Å²) in [5.74, 6) is 0.783. The summed E-state index contributed by atoms with van der Waals surface area (Å²) in [6, 6.07) is 8.33. The third kappa shape index (κ3) is 2.75. The average molecular weight is 309 g/mol. The molecule has 2 heterocycles. The third-order valence-electron chi connectivity index (χ3n) is 4.68. The van der Waals surface area contributed by atoms with Gasteiger partial charge in [-0.25, -0.2) is 9.38 Å². The van der Waals surface area contributed by atoms with E-state index in [4.69, 9.17) is 4.99 Å². The van der Waals surface area contributed by atoms with Crippen LogP contribution < -0.4 is 0 Å². The molecule has 0 spiro atoms. The number of likely N-dealkylation sites (N-methyl/N-ethyl adjacent to an activating group) is 1. The summed E-state index contributed by atoms with van der Waals surface area (Å²) in [5, 5.41) is 0. The molecule has 1 aromatic rings. The van der Waals surface area contributed by atoms with Crippen molar-refractivity contribution in [3.8, 4) is 0 Å². The van der Waals surface area contributed by atoms with E-state index >= 15 is 0 Å². The summed E-state index contributed by atoms with van der Waals surface area (Å²) < 4.78 is 13.7. The van der Waals surface area contributed by atoms with E-state index in [1.165, 1.54) is 5.56 Å². The quantitative estimate of drug-likeness (QED) is 0.733. The summed E-state index contributed by atoms with van der Waals surface area (Å²) in [4.78, 5) is 9.53. The minimum absolute atomic E-state index is 0.190. The first-order valence-electron chi connectivity index (χ1n) is 8.10. The highest BCUT2D eigenvalue weighted by Crippen LogP contribution is 2.32. The molecular weight excluding hydrogens is 289 g/mol. The van der Waals surface area contributed by atoms with Gasteiger partial charge < -0.3 is 9.80 Å². The predicted molar refractivity (Wildman–Crippen MR) is 91.9 cm³/mol. The fraction of sp³-hybridized carbons (Fsp3) is 0.316. The lowest BCUT2D eigenvalue weighted by atomic mass is 9.99. The molecule has 4 heteroatoms. The van der Waals surface area contributed by atoms with Crippen molar-refractivity contribution in [2.45, 2.75) is 6.42 Å². The van der Waals surface area contributed by atoms with Gasteiger partial charge in [-0.05, 0) is 42.8 Å². The van der Waals surface area contributed by atoms with Crippen LogP contribution in [0.4, 0.5) is 4.39 Å². The van der Waals surface area contributed by atoms with Gasteiger partial charge in [0.15, 0.2) is 0 Å². The Balaban J connectivity index is 1.81. The number of amidine groups is 1. The highest BCUT2D eigenvalue weighted by atomic mass is 19.1. The standard InChI is InChI=1S/C19H20FN3/c1-22-8-10-23(11-9-22)19-17-5-3-2-4-14(17)12-15-6-7-16(20)13-18(15)21-19/h2-5,7,12-13H,6,8-11H2,1H3. The second-order valence-corrected chi connectivity index (χ2v) is 6.31. The number of aliphatic imine (C=N–C) groups is 1. The number of hydrogen-bond donors (Lipinski definition) is 0. The summed E-state index contributed by atoms with van der Waals surface area (Å²) in [6.45, 7) is 3.94. The van der Waals surface area contributed by atoms with E-state index in [1.54, 1.807) is 12.2 Å². The molecule has 1 aromatic carbocycles. The van der Waals surface area contributed by atoms with Gasteiger partial charge >= 0.3 is 0 Å². The largest absolute Gasteiger partial charge is 0.354 e. The Labute approximate surface area is 136 Å². The maximum Gasteiger partial charge on any atom is 0.137 e. The van der Waals surface area contributed by atoms with Crippen LogP contribution in [0.1, 0.15) is 17.5 Å². The van der Waals surface area contributed by atoms with Crippen LogP contribution in [0.25, 0.3) is 6.08 Å². The molecule has 4 rings (SSSR count). The molecule has 0 atom stereocenters. The first-order chi connectivity index (χ1) is 11.2. The monoisotopic (exact) mass is 309 g/mol. The van der Waals surface area contributed by atoms with Gasteiger partial charge in [-0.2, -0.15) is 0 Å². The van der Waals surface area contributed by atoms with Gasteiger partial charge in [-0.15, -0.1) is 0 Å². The second-order valence-electron chi connectivity index (χ2n) is 6.31. The van der Waals surface area contributed by atoms with E-state index in [0.717, 1.165) is 48.8 Å². The molecule has 1 saturated heterocycles. The number of hydrogen-bond acceptors (Lipinski definition) is 3. The molecule has 1 aliphatic carbocycles. The molecule has 0 unspecified atom stereocenters. The summed E-state index contributed by atoms with van der Waals surface area (Å²) >= 11 is 0. The van der Waals surface area contributed by atoms with Crippen LogP contribution >= 0.6 is 0 Å². The fourth-order valence-corrected chi connectivity index (χ4v) is 3.28. The first-order valence-corrected chi connectivity index (χ1v) is 8.10. The molecule has 3 nitrogen and oxygen atoms in total. The lowest BCUT2D eigenvalue weighted by Crippen LogP contribution is -2.47. The van der Waals surface area contributed by atoms with Gasteiger partial charge in [0.05, 0.1) is 5.70 Å². The van der Waals surface area contributed by atoms with Gasteiger partial charge in [-0.3, -0.25) is 0 Å². The molecule has 0 saturated carbocycles. The predicted octanol–water partition coefficient (Wildman–Crippen LogP) is 3.22. The van der Waals surface area contributed by atoms with Gasteiger partial charge in [-0.1, -0.05) is 24.3 Å². The zero-order chi connectivity index (χ0) is 15.8. The highest BCUT2D eigenvalue weighted by molar-refractivity contribution is 6.04. The third-order valence-corrected chi connectivity index (χ3v) is 4.68. The Morgan fingerprint density at radius 3 is 2.65 bits per heavy atom. The number of allylic oxidation sites excluding steroid dienone is 4. The molecule has 0 radical (unpaired) electrons. The Morgan fingerprint density at radius 1 is 1.04 bits per heavy atom. The van der Waals surface area contributed by atoms with E-state index in [0.29, 0.717) is 6.42 Å². The van der Waals surface area contributed by atoms with Gasteiger partial charge in [0.25, 0.3) is 0 Å². The fourth-order valence-electron chi connectivity index (χ4n) is 3.28. The highest BCUT2D eigenvalue weighted by Gasteiger charge is 2.24. The molecule has 0 amide bonds. The number of benzene rings is 1. The van der Waals surface area contributed by atoms with Crippen molar-refractivity contribution in [3.05, 3.63) is 64.6 Å². The number of halogens is 1. The van der Waals surface area contributed by atoms with Crippen LogP contribution in [0.15, 0.2) is 58.5 Å². The van der Waals surface area contributed by atoms with Gasteiger partial charge in [0.1, 0.15) is 11.7 Å². The van der Waals surface area contributed by atoms with Crippen molar-refractivity contribution in [1.82, 2.24) is 9.80 Å². The Kier molecular flexibility index (Phi) is 3.62. The van der Waals surface area contributed by atoms with Crippen molar-refractivity contribution in [1.29, 1.82) is 0 Å². The molecular formula is C19H20FN3. The molecule has 3 aliphatic rings. The van der Waals surface area contributed by atoms with Gasteiger partial charge in [0, 0.05) is 31.7 Å². The van der Waals surface area contributed by atoms with Crippen LogP contribution in [0.3, 0.4) is 0 Å². The number of nitrogens with zero attached hydrogens (tertiary/aromatic N) is 3. The normalized spacial score (nSPS) is 21.4. The Morgan fingerprint density at radius 2 is 1.83 bits per heavy atom. The van der Waals surface area contributed by atoms with Crippen LogP contribution in [0, 0.1) is 0 Å². The Bertz CT molecular complexity index is 750. The molecule has 0 N–H and O–H groups in total. The van der Waals surface area contributed by atoms with Crippen LogP contribution in [-0.4, -0.2) is 48.9 Å². The number of fused-ring (bicyclic) bond motifs is 2. The molecule has 2 aliphatic heterocycles. The number of piperazine rings is 1. The minimum atomic E-state index is -0.190. The SMILES string of the molecule is CN1CCN(C2=NC3=CC(F)=CCC3=Cc3ccccc32)CC1. The van der Waals surface area contributed by atoms with Crippen molar-refractivity contribution < 1.29 is 4.39 Å². The van der Waals surface area contributed by atoms with Crippen molar-refractivity contribution in [2.75, 3.05) is 33.2 Å². The van der Waals surface area contributed by atoms with E-state index in [9.17, 15) is 4.39 Å². The van der Waals surface area contributed by atoms with Crippen LogP contribution in [0.2, 0.25) is 0 Å². The lowest BCUT2D eigenvalue weighted by Gasteiger charge is -2.35. The molecule has 23 heavy (non-hydrogen) atoms.